The second kappa shape index (κ2) is 6.58. The Morgan fingerprint density at radius 3 is 2.59 bits per heavy atom. The third-order valence-electron chi connectivity index (χ3n) is 2.75. The number of halogens is 2. The van der Waals surface area contributed by atoms with E-state index in [0.717, 1.165) is 17.1 Å². The van der Waals surface area contributed by atoms with E-state index in [1.807, 2.05) is 41.7 Å². The van der Waals surface area contributed by atoms with Gasteiger partial charge in [0.05, 0.1) is 6.10 Å². The minimum absolute atomic E-state index is 0.293. The Morgan fingerprint density at radius 1 is 1.29 bits per heavy atom. The van der Waals surface area contributed by atoms with Gasteiger partial charge in [-0.15, -0.1) is 0 Å². The van der Waals surface area contributed by atoms with Crippen molar-refractivity contribution in [2.24, 2.45) is 0 Å². The van der Waals surface area contributed by atoms with E-state index in [-0.39, 0.29) is 6.10 Å². The maximum absolute atomic E-state index is 10.2. The largest absolute Gasteiger partial charge is 0.392 e. The lowest BCUT2D eigenvalue weighted by Gasteiger charge is -2.26. The molecule has 0 spiro atoms. The molecule has 1 aliphatic rings. The van der Waals surface area contributed by atoms with E-state index in [0.29, 0.717) is 21.7 Å². The van der Waals surface area contributed by atoms with Crippen LogP contribution in [0.3, 0.4) is 0 Å². The van der Waals surface area contributed by atoms with Gasteiger partial charge in [0, 0.05) is 39.0 Å². The Labute approximate surface area is 120 Å². The number of aliphatic hydroxyl groups excluding tert-OH is 1. The lowest BCUT2D eigenvalue weighted by atomic mass is 10.1. The first-order chi connectivity index (χ1) is 8.18. The fourth-order valence-corrected chi connectivity index (χ4v) is 5.12. The molecule has 0 radical (unpaired) electrons. The summed E-state index contributed by atoms with van der Waals surface area (Å²) in [6, 6.07) is 5.46. The molecule has 1 saturated heterocycles. The molecule has 0 saturated carbocycles. The molecule has 1 N–H and O–H groups in total. The zero-order chi connectivity index (χ0) is 12.3. The standard InChI is InChI=1S/C12H14Cl2OS2/c13-9-2-1-3-10(14)8(9)6-11(15)12-7-16-4-5-17-12/h1-3,11-12,15H,4-7H2. The smallest absolute Gasteiger partial charge is 0.0708 e. The molecule has 2 unspecified atom stereocenters. The number of thioether (sulfide) groups is 2. The van der Waals surface area contributed by atoms with Crippen molar-refractivity contribution in [3.63, 3.8) is 0 Å². The van der Waals surface area contributed by atoms with Gasteiger partial charge >= 0.3 is 0 Å². The van der Waals surface area contributed by atoms with Crippen LogP contribution in [0.2, 0.25) is 10.0 Å². The van der Waals surface area contributed by atoms with E-state index >= 15 is 0 Å². The molecule has 1 fully saturated rings. The Kier molecular flexibility index (Phi) is 5.37. The summed E-state index contributed by atoms with van der Waals surface area (Å²) in [4.78, 5) is 0. The third-order valence-corrected chi connectivity index (χ3v) is 6.36. The highest BCUT2D eigenvalue weighted by atomic mass is 35.5. The quantitative estimate of drug-likeness (QED) is 0.918. The van der Waals surface area contributed by atoms with Crippen molar-refractivity contribution in [3.8, 4) is 0 Å². The van der Waals surface area contributed by atoms with Crippen LogP contribution in [0.15, 0.2) is 18.2 Å². The van der Waals surface area contributed by atoms with E-state index in [1.165, 1.54) is 5.75 Å². The normalized spacial score (nSPS) is 22.4. The first kappa shape index (κ1) is 13.9. The predicted molar refractivity (Wildman–Crippen MR) is 79.7 cm³/mol. The van der Waals surface area contributed by atoms with E-state index in [9.17, 15) is 5.11 Å². The van der Waals surface area contributed by atoms with Gasteiger partial charge in [-0.2, -0.15) is 23.5 Å². The minimum Gasteiger partial charge on any atom is -0.392 e. The van der Waals surface area contributed by atoms with Crippen LogP contribution in [0.4, 0.5) is 0 Å². The van der Waals surface area contributed by atoms with Crippen LogP contribution in [0.25, 0.3) is 0 Å². The molecule has 5 heteroatoms. The second-order valence-electron chi connectivity index (χ2n) is 3.96. The highest BCUT2D eigenvalue weighted by Crippen LogP contribution is 2.31. The molecule has 0 amide bonds. The summed E-state index contributed by atoms with van der Waals surface area (Å²) in [5.41, 5.74) is 0.861. The fraction of sp³-hybridized carbons (Fsp3) is 0.500. The first-order valence-corrected chi connectivity index (χ1v) is 8.44. The number of aliphatic hydroxyl groups is 1. The number of rotatable bonds is 3. The average molecular weight is 309 g/mol. The lowest BCUT2D eigenvalue weighted by molar-refractivity contribution is 0.177. The molecule has 2 atom stereocenters. The summed E-state index contributed by atoms with van der Waals surface area (Å²) in [6.45, 7) is 0. The Morgan fingerprint density at radius 2 is 2.00 bits per heavy atom. The molecule has 1 nitrogen and oxygen atoms in total. The highest BCUT2D eigenvalue weighted by Gasteiger charge is 2.24. The predicted octanol–water partition coefficient (Wildman–Crippen LogP) is 3.75. The molecular formula is C12H14Cl2OS2. The van der Waals surface area contributed by atoms with Crippen molar-refractivity contribution in [3.05, 3.63) is 33.8 Å². The van der Waals surface area contributed by atoms with Crippen LogP contribution in [0.5, 0.6) is 0 Å². The van der Waals surface area contributed by atoms with Crippen molar-refractivity contribution in [1.29, 1.82) is 0 Å². The lowest BCUT2D eigenvalue weighted by Crippen LogP contribution is -2.30. The van der Waals surface area contributed by atoms with Crippen molar-refractivity contribution >= 4 is 46.7 Å². The summed E-state index contributed by atoms with van der Waals surface area (Å²) >= 11 is 16.0. The molecule has 1 aromatic carbocycles. The van der Waals surface area contributed by atoms with Crippen LogP contribution >= 0.6 is 46.7 Å². The maximum atomic E-state index is 10.2. The monoisotopic (exact) mass is 308 g/mol. The number of hydrogen-bond acceptors (Lipinski definition) is 3. The van der Waals surface area contributed by atoms with Crippen molar-refractivity contribution in [1.82, 2.24) is 0 Å². The van der Waals surface area contributed by atoms with Gasteiger partial charge in [-0.3, -0.25) is 0 Å². The summed E-state index contributed by atoms with van der Waals surface area (Å²) in [7, 11) is 0. The SMILES string of the molecule is OC(Cc1c(Cl)cccc1Cl)C1CSCCS1. The molecule has 0 aliphatic carbocycles. The van der Waals surface area contributed by atoms with E-state index in [2.05, 4.69) is 0 Å². The fourth-order valence-electron chi connectivity index (χ4n) is 1.80. The van der Waals surface area contributed by atoms with Gasteiger partial charge in [-0.25, -0.2) is 0 Å². The van der Waals surface area contributed by atoms with Gasteiger partial charge in [-0.05, 0) is 17.7 Å². The Bertz CT molecular complexity index is 361. The minimum atomic E-state index is -0.370. The third kappa shape index (κ3) is 3.71. The van der Waals surface area contributed by atoms with Gasteiger partial charge in [-0.1, -0.05) is 29.3 Å². The summed E-state index contributed by atoms with van der Waals surface area (Å²) in [5, 5.41) is 11.8. The topological polar surface area (TPSA) is 20.2 Å². The molecule has 94 valence electrons. The summed E-state index contributed by atoms with van der Waals surface area (Å²) in [5.74, 6) is 3.30. The molecule has 1 aliphatic heterocycles. The van der Waals surface area contributed by atoms with E-state index in [4.69, 9.17) is 23.2 Å². The molecule has 1 aromatic rings. The van der Waals surface area contributed by atoms with Crippen LogP contribution in [0.1, 0.15) is 5.56 Å². The molecule has 17 heavy (non-hydrogen) atoms. The number of hydrogen-bond donors (Lipinski definition) is 1. The maximum Gasteiger partial charge on any atom is 0.0708 e. The highest BCUT2D eigenvalue weighted by molar-refractivity contribution is 8.06. The Balaban J connectivity index is 2.04. The van der Waals surface area contributed by atoms with Crippen molar-refractivity contribution < 1.29 is 5.11 Å². The second-order valence-corrected chi connectivity index (χ2v) is 7.27. The van der Waals surface area contributed by atoms with Gasteiger partial charge in [0.25, 0.3) is 0 Å². The molecular weight excluding hydrogens is 295 g/mol. The molecule has 0 bridgehead atoms. The molecule has 0 aromatic heterocycles. The molecule has 1 heterocycles. The van der Waals surface area contributed by atoms with Crippen LogP contribution < -0.4 is 0 Å². The van der Waals surface area contributed by atoms with Gasteiger partial charge in [0.15, 0.2) is 0 Å². The van der Waals surface area contributed by atoms with Gasteiger partial charge < -0.3 is 5.11 Å². The Hall–Kier alpha value is 0.460. The van der Waals surface area contributed by atoms with Crippen molar-refractivity contribution in [2.45, 2.75) is 17.8 Å². The van der Waals surface area contributed by atoms with Crippen LogP contribution in [-0.2, 0) is 6.42 Å². The molecule has 2 rings (SSSR count). The van der Waals surface area contributed by atoms with E-state index in [1.54, 1.807) is 0 Å². The summed E-state index contributed by atoms with van der Waals surface area (Å²) in [6.07, 6.45) is 0.168. The van der Waals surface area contributed by atoms with E-state index < -0.39 is 0 Å². The van der Waals surface area contributed by atoms with Crippen LogP contribution in [-0.4, -0.2) is 33.7 Å². The zero-order valence-electron chi connectivity index (χ0n) is 9.23. The first-order valence-electron chi connectivity index (χ1n) is 5.49. The van der Waals surface area contributed by atoms with Gasteiger partial charge in [0.2, 0.25) is 0 Å². The summed E-state index contributed by atoms with van der Waals surface area (Å²) < 4.78 is 0. The number of benzene rings is 1. The van der Waals surface area contributed by atoms with Gasteiger partial charge in [0.1, 0.15) is 0 Å². The zero-order valence-corrected chi connectivity index (χ0v) is 12.4. The van der Waals surface area contributed by atoms with Crippen molar-refractivity contribution in [2.75, 3.05) is 17.3 Å². The average Bonchev–Trinajstić information content (AvgIpc) is 2.35. The van der Waals surface area contributed by atoms with Crippen LogP contribution in [0, 0.1) is 0 Å².